The van der Waals surface area contributed by atoms with Crippen molar-refractivity contribution < 1.29 is 9.90 Å². The van der Waals surface area contributed by atoms with Gasteiger partial charge in [0.2, 0.25) is 0 Å². The van der Waals surface area contributed by atoms with Crippen molar-refractivity contribution in [2.24, 2.45) is 0 Å². The van der Waals surface area contributed by atoms with Crippen molar-refractivity contribution in [2.45, 2.75) is 19.4 Å². The lowest BCUT2D eigenvalue weighted by atomic mass is 10.2. The van der Waals surface area contributed by atoms with E-state index in [2.05, 4.69) is 12.2 Å². The van der Waals surface area contributed by atoms with Crippen molar-refractivity contribution in [3.8, 4) is 0 Å². The molecule has 0 rings (SSSR count). The first-order valence-electron chi connectivity index (χ1n) is 5.26. The minimum absolute atomic E-state index is 0.399. The lowest BCUT2D eigenvalue weighted by molar-refractivity contribution is -0.139. The molecular weight excluding hydrogens is 212 g/mol. The molecule has 4 nitrogen and oxygen atoms in total. The zero-order chi connectivity index (χ0) is 11.7. The molecule has 0 radical (unpaired) electrons. The van der Waals surface area contributed by atoms with Crippen LogP contribution in [-0.2, 0) is 4.79 Å². The molecule has 0 saturated heterocycles. The van der Waals surface area contributed by atoms with Crippen molar-refractivity contribution in [3.05, 3.63) is 0 Å². The topological polar surface area (TPSA) is 52.6 Å². The van der Waals surface area contributed by atoms with Crippen LogP contribution in [0.1, 0.15) is 13.3 Å². The van der Waals surface area contributed by atoms with Gasteiger partial charge in [-0.1, -0.05) is 6.92 Å². The fourth-order valence-electron chi connectivity index (χ4n) is 1.12. The largest absolute Gasteiger partial charge is 0.480 e. The highest BCUT2D eigenvalue weighted by Gasteiger charge is 2.15. The minimum Gasteiger partial charge on any atom is -0.480 e. The highest BCUT2D eigenvalue weighted by molar-refractivity contribution is 7.99. The summed E-state index contributed by atoms with van der Waals surface area (Å²) in [6.45, 7) is 3.67. The van der Waals surface area contributed by atoms with Crippen LogP contribution in [-0.4, -0.2) is 60.7 Å². The Morgan fingerprint density at radius 3 is 2.67 bits per heavy atom. The first-order chi connectivity index (χ1) is 7.07. The van der Waals surface area contributed by atoms with Crippen LogP contribution in [0.2, 0.25) is 0 Å². The van der Waals surface area contributed by atoms with Crippen molar-refractivity contribution in [3.63, 3.8) is 0 Å². The maximum atomic E-state index is 10.9. The van der Waals surface area contributed by atoms with Crippen LogP contribution < -0.4 is 5.32 Å². The number of likely N-dealkylation sites (N-methyl/N-ethyl adjacent to an activating group) is 1. The summed E-state index contributed by atoms with van der Waals surface area (Å²) < 4.78 is 0. The molecule has 0 heterocycles. The van der Waals surface area contributed by atoms with E-state index in [1.165, 1.54) is 0 Å². The van der Waals surface area contributed by atoms with Gasteiger partial charge >= 0.3 is 5.97 Å². The fourth-order valence-corrected chi connectivity index (χ4v) is 1.81. The summed E-state index contributed by atoms with van der Waals surface area (Å²) in [5.74, 6) is 1.21. The SMILES string of the molecule is CCSCCC(NCCN(C)C)C(=O)O. The minimum atomic E-state index is -0.745. The monoisotopic (exact) mass is 234 g/mol. The van der Waals surface area contributed by atoms with Gasteiger partial charge in [0, 0.05) is 13.1 Å². The summed E-state index contributed by atoms with van der Waals surface area (Å²) in [4.78, 5) is 12.9. The van der Waals surface area contributed by atoms with E-state index in [9.17, 15) is 4.79 Å². The van der Waals surface area contributed by atoms with Gasteiger partial charge in [-0.2, -0.15) is 11.8 Å². The summed E-state index contributed by atoms with van der Waals surface area (Å²) in [7, 11) is 3.95. The van der Waals surface area contributed by atoms with Crippen molar-refractivity contribution in [2.75, 3.05) is 38.7 Å². The second-order valence-electron chi connectivity index (χ2n) is 3.63. The molecule has 0 aliphatic carbocycles. The molecule has 0 saturated carbocycles. The summed E-state index contributed by atoms with van der Waals surface area (Å²) >= 11 is 1.78. The number of nitrogens with one attached hydrogen (secondary N) is 1. The fraction of sp³-hybridized carbons (Fsp3) is 0.900. The smallest absolute Gasteiger partial charge is 0.320 e. The van der Waals surface area contributed by atoms with Crippen LogP contribution in [0, 0.1) is 0 Å². The van der Waals surface area contributed by atoms with E-state index in [4.69, 9.17) is 5.11 Å². The van der Waals surface area contributed by atoms with E-state index in [1.54, 1.807) is 11.8 Å². The van der Waals surface area contributed by atoms with Gasteiger partial charge < -0.3 is 15.3 Å². The summed E-state index contributed by atoms with van der Waals surface area (Å²) in [5.41, 5.74) is 0. The Morgan fingerprint density at radius 1 is 1.53 bits per heavy atom. The Kier molecular flexibility index (Phi) is 8.85. The average Bonchev–Trinajstić information content (AvgIpc) is 2.15. The maximum absolute atomic E-state index is 10.9. The lowest BCUT2D eigenvalue weighted by Gasteiger charge is -2.16. The number of carboxylic acids is 1. The van der Waals surface area contributed by atoms with Gasteiger partial charge in [0.15, 0.2) is 0 Å². The van der Waals surface area contributed by atoms with E-state index >= 15 is 0 Å². The molecule has 5 heteroatoms. The van der Waals surface area contributed by atoms with E-state index in [-0.39, 0.29) is 0 Å². The number of rotatable bonds is 9. The van der Waals surface area contributed by atoms with E-state index in [1.807, 2.05) is 19.0 Å². The predicted octanol–water partition coefficient (Wildman–Crippen LogP) is 0.734. The molecule has 0 fully saturated rings. The Hall–Kier alpha value is -0.260. The third-order valence-electron chi connectivity index (χ3n) is 2.00. The molecule has 0 aromatic heterocycles. The first kappa shape index (κ1) is 14.7. The Bertz CT molecular complexity index is 177. The van der Waals surface area contributed by atoms with E-state index in [0.29, 0.717) is 6.42 Å². The van der Waals surface area contributed by atoms with Crippen molar-refractivity contribution in [1.82, 2.24) is 10.2 Å². The summed E-state index contributed by atoms with van der Waals surface area (Å²) in [5, 5.41) is 12.0. The quantitative estimate of drug-likeness (QED) is 0.576. The van der Waals surface area contributed by atoms with Crippen molar-refractivity contribution in [1.29, 1.82) is 0 Å². The van der Waals surface area contributed by atoms with Gasteiger partial charge in [0.05, 0.1) is 0 Å². The average molecular weight is 234 g/mol. The molecule has 1 atom stereocenters. The van der Waals surface area contributed by atoms with Gasteiger partial charge in [-0.25, -0.2) is 0 Å². The zero-order valence-electron chi connectivity index (χ0n) is 9.82. The second kappa shape index (κ2) is 9.00. The molecule has 2 N–H and O–H groups in total. The van der Waals surface area contributed by atoms with Crippen LogP contribution in [0.4, 0.5) is 0 Å². The number of carboxylic acid groups (broad SMARTS) is 1. The molecule has 15 heavy (non-hydrogen) atoms. The Labute approximate surface area is 96.4 Å². The molecule has 1 unspecified atom stereocenters. The molecule has 0 aromatic rings. The number of hydrogen-bond acceptors (Lipinski definition) is 4. The molecule has 0 amide bonds. The van der Waals surface area contributed by atoms with Crippen LogP contribution in [0.25, 0.3) is 0 Å². The standard InChI is InChI=1S/C10H22N2O2S/c1-4-15-8-5-9(10(13)14)11-6-7-12(2)3/h9,11H,4-8H2,1-3H3,(H,13,14). The predicted molar refractivity (Wildman–Crippen MR) is 65.6 cm³/mol. The first-order valence-corrected chi connectivity index (χ1v) is 6.42. The molecule has 0 spiro atoms. The highest BCUT2D eigenvalue weighted by atomic mass is 32.2. The van der Waals surface area contributed by atoms with Crippen LogP contribution in [0.15, 0.2) is 0 Å². The van der Waals surface area contributed by atoms with Gasteiger partial charge in [-0.05, 0) is 32.0 Å². The lowest BCUT2D eigenvalue weighted by Crippen LogP contribution is -2.40. The van der Waals surface area contributed by atoms with Gasteiger partial charge in [0.1, 0.15) is 6.04 Å². The van der Waals surface area contributed by atoms with E-state index in [0.717, 1.165) is 24.6 Å². The third kappa shape index (κ3) is 8.72. The molecule has 90 valence electrons. The third-order valence-corrected chi connectivity index (χ3v) is 2.94. The number of nitrogens with zero attached hydrogens (tertiary/aromatic N) is 1. The van der Waals surface area contributed by atoms with Gasteiger partial charge in [0.25, 0.3) is 0 Å². The maximum Gasteiger partial charge on any atom is 0.320 e. The molecule has 0 bridgehead atoms. The number of aliphatic carboxylic acids is 1. The Balaban J connectivity index is 3.69. The van der Waals surface area contributed by atoms with Crippen LogP contribution >= 0.6 is 11.8 Å². The highest BCUT2D eigenvalue weighted by Crippen LogP contribution is 2.04. The van der Waals surface area contributed by atoms with Gasteiger partial charge in [-0.3, -0.25) is 4.79 Å². The van der Waals surface area contributed by atoms with E-state index < -0.39 is 12.0 Å². The molecular formula is C10H22N2O2S. The Morgan fingerprint density at radius 2 is 2.20 bits per heavy atom. The number of carbonyl (C=O) groups is 1. The molecule has 0 aromatic carbocycles. The van der Waals surface area contributed by atoms with Crippen LogP contribution in [0.5, 0.6) is 0 Å². The zero-order valence-corrected chi connectivity index (χ0v) is 10.6. The van der Waals surface area contributed by atoms with Crippen LogP contribution in [0.3, 0.4) is 0 Å². The second-order valence-corrected chi connectivity index (χ2v) is 5.03. The van der Waals surface area contributed by atoms with Crippen molar-refractivity contribution >= 4 is 17.7 Å². The molecule has 0 aliphatic rings. The molecule has 0 aliphatic heterocycles. The summed E-state index contributed by atoms with van der Waals surface area (Å²) in [6.07, 6.45) is 0.696. The number of hydrogen-bond donors (Lipinski definition) is 2. The summed E-state index contributed by atoms with van der Waals surface area (Å²) in [6, 6.07) is -0.399. The van der Waals surface area contributed by atoms with Gasteiger partial charge in [-0.15, -0.1) is 0 Å². The normalized spacial score (nSPS) is 13.1. The number of thioether (sulfide) groups is 1.